The molecule has 0 saturated heterocycles. The summed E-state index contributed by atoms with van der Waals surface area (Å²) in [6.07, 6.45) is 0. The molecule has 0 fully saturated rings. The number of anilines is 1. The predicted molar refractivity (Wildman–Crippen MR) is 75.0 cm³/mol. The Kier molecular flexibility index (Phi) is 3.98. The number of aromatic carboxylic acids is 1. The Morgan fingerprint density at radius 3 is 2.48 bits per heavy atom. The maximum Gasteiger partial charge on any atom is 0.337 e. The minimum Gasteiger partial charge on any atom is -0.478 e. The van der Waals surface area contributed by atoms with Crippen LogP contribution in [0.3, 0.4) is 0 Å². The molecule has 1 amide bonds. The van der Waals surface area contributed by atoms with Gasteiger partial charge in [-0.3, -0.25) is 4.79 Å². The van der Waals surface area contributed by atoms with Crippen molar-refractivity contribution in [2.24, 2.45) is 0 Å². The van der Waals surface area contributed by atoms with E-state index in [0.717, 1.165) is 0 Å². The van der Waals surface area contributed by atoms with Gasteiger partial charge in [0.05, 0.1) is 11.3 Å². The molecule has 0 spiro atoms. The number of nitrogens with zero attached hydrogens (tertiary/aromatic N) is 1. The van der Waals surface area contributed by atoms with Crippen LogP contribution in [0.25, 0.3) is 0 Å². The van der Waals surface area contributed by atoms with E-state index in [1.807, 2.05) is 0 Å². The van der Waals surface area contributed by atoms with Crippen molar-refractivity contribution in [2.45, 2.75) is 13.8 Å². The van der Waals surface area contributed by atoms with Crippen LogP contribution in [0.1, 0.15) is 32.1 Å². The average Bonchev–Trinajstić information content (AvgIpc) is 2.42. The van der Waals surface area contributed by atoms with Crippen molar-refractivity contribution in [1.29, 1.82) is 0 Å². The fourth-order valence-corrected chi connectivity index (χ4v) is 1.83. The van der Waals surface area contributed by atoms with E-state index in [0.29, 0.717) is 11.3 Å². The lowest BCUT2D eigenvalue weighted by atomic mass is 10.1. The SMILES string of the molecule is Cc1cc(NC(=O)c2ccc(C(=O)O)c(C)n2)ccc1F. The molecule has 21 heavy (non-hydrogen) atoms. The van der Waals surface area contributed by atoms with Crippen LogP contribution in [0.4, 0.5) is 10.1 Å². The molecule has 2 rings (SSSR count). The van der Waals surface area contributed by atoms with Gasteiger partial charge in [-0.2, -0.15) is 0 Å². The molecule has 2 aromatic rings. The van der Waals surface area contributed by atoms with Crippen LogP contribution < -0.4 is 5.32 Å². The first kappa shape index (κ1) is 14.6. The van der Waals surface area contributed by atoms with Gasteiger partial charge in [-0.1, -0.05) is 0 Å². The lowest BCUT2D eigenvalue weighted by Gasteiger charge is -2.07. The molecular weight excluding hydrogens is 275 g/mol. The molecule has 2 N–H and O–H groups in total. The molecule has 0 unspecified atom stereocenters. The van der Waals surface area contributed by atoms with Gasteiger partial charge in [-0.05, 0) is 49.7 Å². The summed E-state index contributed by atoms with van der Waals surface area (Å²) in [7, 11) is 0. The molecule has 0 aliphatic carbocycles. The first-order chi connectivity index (χ1) is 9.88. The summed E-state index contributed by atoms with van der Waals surface area (Å²) in [6, 6.07) is 6.87. The third kappa shape index (κ3) is 3.22. The molecule has 6 heteroatoms. The zero-order valence-corrected chi connectivity index (χ0v) is 11.5. The third-order valence-corrected chi connectivity index (χ3v) is 2.96. The Morgan fingerprint density at radius 1 is 1.19 bits per heavy atom. The van der Waals surface area contributed by atoms with Crippen molar-refractivity contribution in [2.75, 3.05) is 5.32 Å². The number of amides is 1. The van der Waals surface area contributed by atoms with Crippen LogP contribution in [-0.4, -0.2) is 22.0 Å². The maximum atomic E-state index is 13.2. The van der Waals surface area contributed by atoms with Gasteiger partial charge in [0.1, 0.15) is 11.5 Å². The van der Waals surface area contributed by atoms with Crippen LogP contribution in [0, 0.1) is 19.7 Å². The number of hydrogen-bond donors (Lipinski definition) is 2. The number of hydrogen-bond acceptors (Lipinski definition) is 3. The number of carbonyl (C=O) groups excluding carboxylic acids is 1. The van der Waals surface area contributed by atoms with Gasteiger partial charge in [0, 0.05) is 5.69 Å². The Bertz CT molecular complexity index is 729. The molecule has 1 heterocycles. The smallest absolute Gasteiger partial charge is 0.337 e. The highest BCUT2D eigenvalue weighted by Gasteiger charge is 2.13. The second-order valence-electron chi connectivity index (χ2n) is 4.55. The van der Waals surface area contributed by atoms with Crippen molar-refractivity contribution in [3.05, 3.63) is 58.7 Å². The average molecular weight is 288 g/mol. The molecule has 0 aliphatic heterocycles. The maximum absolute atomic E-state index is 13.2. The summed E-state index contributed by atoms with van der Waals surface area (Å²) in [4.78, 5) is 26.9. The Labute approximate surface area is 120 Å². The van der Waals surface area contributed by atoms with Crippen molar-refractivity contribution in [1.82, 2.24) is 4.98 Å². The number of carboxylic acids is 1. The van der Waals surface area contributed by atoms with E-state index in [1.165, 1.54) is 37.3 Å². The highest BCUT2D eigenvalue weighted by molar-refractivity contribution is 6.03. The van der Waals surface area contributed by atoms with E-state index in [1.54, 1.807) is 6.92 Å². The van der Waals surface area contributed by atoms with E-state index in [9.17, 15) is 14.0 Å². The third-order valence-electron chi connectivity index (χ3n) is 2.96. The summed E-state index contributed by atoms with van der Waals surface area (Å²) in [6.45, 7) is 3.11. The lowest BCUT2D eigenvalue weighted by Crippen LogP contribution is -2.15. The van der Waals surface area contributed by atoms with Gasteiger partial charge in [0.2, 0.25) is 0 Å². The van der Waals surface area contributed by atoms with Crippen LogP contribution in [0.2, 0.25) is 0 Å². The number of pyridine rings is 1. The monoisotopic (exact) mass is 288 g/mol. The number of nitrogens with one attached hydrogen (secondary N) is 1. The van der Waals surface area contributed by atoms with Crippen molar-refractivity contribution in [3.8, 4) is 0 Å². The predicted octanol–water partition coefficient (Wildman–Crippen LogP) is 2.79. The fraction of sp³-hybridized carbons (Fsp3) is 0.133. The molecule has 0 bridgehead atoms. The largest absolute Gasteiger partial charge is 0.478 e. The molecule has 108 valence electrons. The molecule has 5 nitrogen and oxygen atoms in total. The zero-order valence-electron chi connectivity index (χ0n) is 11.5. The summed E-state index contributed by atoms with van der Waals surface area (Å²) >= 11 is 0. The lowest BCUT2D eigenvalue weighted by molar-refractivity contribution is 0.0695. The standard InChI is InChI=1S/C15H13FN2O3/c1-8-7-10(3-5-12(8)16)18-14(19)13-6-4-11(15(20)21)9(2)17-13/h3-7H,1-2H3,(H,18,19)(H,20,21). The quantitative estimate of drug-likeness (QED) is 0.910. The van der Waals surface area contributed by atoms with Crippen LogP contribution >= 0.6 is 0 Å². The normalized spacial score (nSPS) is 10.2. The number of carbonyl (C=O) groups is 2. The first-order valence-electron chi connectivity index (χ1n) is 6.17. The summed E-state index contributed by atoms with van der Waals surface area (Å²) in [5.41, 5.74) is 1.26. The number of aromatic nitrogens is 1. The van der Waals surface area contributed by atoms with Crippen LogP contribution in [0.5, 0.6) is 0 Å². The minimum absolute atomic E-state index is 0.0455. The number of rotatable bonds is 3. The number of benzene rings is 1. The number of halogens is 1. The molecule has 0 aliphatic rings. The Balaban J connectivity index is 2.22. The summed E-state index contributed by atoms with van der Waals surface area (Å²) < 4.78 is 13.2. The van der Waals surface area contributed by atoms with Gasteiger partial charge >= 0.3 is 5.97 Å². The van der Waals surface area contributed by atoms with Gasteiger partial charge in [0.15, 0.2) is 0 Å². The number of aryl methyl sites for hydroxylation is 2. The second-order valence-corrected chi connectivity index (χ2v) is 4.55. The molecule has 1 aromatic heterocycles. The summed E-state index contributed by atoms with van der Waals surface area (Å²) in [5.74, 6) is -1.94. The Hall–Kier alpha value is -2.76. The van der Waals surface area contributed by atoms with Crippen molar-refractivity contribution in [3.63, 3.8) is 0 Å². The highest BCUT2D eigenvalue weighted by Crippen LogP contribution is 2.15. The molecule has 0 radical (unpaired) electrons. The highest BCUT2D eigenvalue weighted by atomic mass is 19.1. The second kappa shape index (κ2) is 5.70. The van der Waals surface area contributed by atoms with Gasteiger partial charge < -0.3 is 10.4 Å². The van der Waals surface area contributed by atoms with Crippen molar-refractivity contribution < 1.29 is 19.1 Å². The fourth-order valence-electron chi connectivity index (χ4n) is 1.83. The van der Waals surface area contributed by atoms with Crippen LogP contribution in [0.15, 0.2) is 30.3 Å². The minimum atomic E-state index is -1.10. The summed E-state index contributed by atoms with van der Waals surface area (Å²) in [5, 5.41) is 11.5. The zero-order chi connectivity index (χ0) is 15.6. The van der Waals surface area contributed by atoms with E-state index >= 15 is 0 Å². The first-order valence-corrected chi connectivity index (χ1v) is 6.17. The topological polar surface area (TPSA) is 79.3 Å². The van der Waals surface area contributed by atoms with E-state index in [2.05, 4.69) is 10.3 Å². The van der Waals surface area contributed by atoms with Gasteiger partial charge in [-0.25, -0.2) is 14.2 Å². The molecule has 1 aromatic carbocycles. The van der Waals surface area contributed by atoms with Gasteiger partial charge in [0.25, 0.3) is 5.91 Å². The van der Waals surface area contributed by atoms with E-state index < -0.39 is 11.9 Å². The van der Waals surface area contributed by atoms with Crippen molar-refractivity contribution >= 4 is 17.6 Å². The molecule has 0 atom stereocenters. The molecule has 0 saturated carbocycles. The number of carboxylic acid groups (broad SMARTS) is 1. The van der Waals surface area contributed by atoms with Gasteiger partial charge in [-0.15, -0.1) is 0 Å². The van der Waals surface area contributed by atoms with E-state index in [4.69, 9.17) is 5.11 Å². The van der Waals surface area contributed by atoms with Crippen LogP contribution in [-0.2, 0) is 0 Å². The van der Waals surface area contributed by atoms with E-state index in [-0.39, 0.29) is 22.8 Å². The molecular formula is C15H13FN2O3. The Morgan fingerprint density at radius 2 is 1.90 bits per heavy atom.